The van der Waals surface area contributed by atoms with Crippen molar-refractivity contribution >= 4 is 0 Å². The summed E-state index contributed by atoms with van der Waals surface area (Å²) < 4.78 is 0. The zero-order valence-electron chi connectivity index (χ0n) is 12.4. The van der Waals surface area contributed by atoms with E-state index in [0.29, 0.717) is 6.04 Å². The molecule has 0 fully saturated rings. The van der Waals surface area contributed by atoms with Crippen molar-refractivity contribution in [3.8, 4) is 0 Å². The molecule has 1 aliphatic rings. The van der Waals surface area contributed by atoms with Gasteiger partial charge in [0.2, 0.25) is 0 Å². The average molecular weight is 257 g/mol. The van der Waals surface area contributed by atoms with Gasteiger partial charge in [-0.1, -0.05) is 54.3 Å². The fraction of sp³-hybridized carbons (Fsp3) is 0.556. The molecule has 0 heterocycles. The Labute approximate surface area is 118 Å². The quantitative estimate of drug-likeness (QED) is 0.788. The van der Waals surface area contributed by atoms with E-state index >= 15 is 0 Å². The molecule has 1 nitrogen and oxygen atoms in total. The van der Waals surface area contributed by atoms with Crippen molar-refractivity contribution < 1.29 is 0 Å². The van der Waals surface area contributed by atoms with Crippen LogP contribution in [0.4, 0.5) is 0 Å². The Morgan fingerprint density at radius 3 is 2.53 bits per heavy atom. The van der Waals surface area contributed by atoms with Crippen LogP contribution >= 0.6 is 0 Å². The molecule has 0 saturated carbocycles. The Balaban J connectivity index is 2.03. The lowest BCUT2D eigenvalue weighted by Gasteiger charge is -2.22. The molecular formula is C18H27N. The molecule has 0 amide bonds. The normalized spacial score (nSPS) is 21.1. The van der Waals surface area contributed by atoms with Gasteiger partial charge in [-0.15, -0.1) is 0 Å². The van der Waals surface area contributed by atoms with Crippen molar-refractivity contribution in [2.24, 2.45) is 0 Å². The van der Waals surface area contributed by atoms with Gasteiger partial charge in [-0.3, -0.25) is 0 Å². The molecule has 2 rings (SSSR count). The van der Waals surface area contributed by atoms with Crippen LogP contribution in [-0.4, -0.2) is 13.1 Å². The maximum Gasteiger partial charge on any atom is 0.0317 e. The lowest BCUT2D eigenvalue weighted by molar-refractivity contribution is 0.557. The summed E-state index contributed by atoms with van der Waals surface area (Å²) >= 11 is 0. The highest BCUT2D eigenvalue weighted by atomic mass is 14.9. The molecule has 1 aliphatic carbocycles. The van der Waals surface area contributed by atoms with Gasteiger partial charge in [0.15, 0.2) is 0 Å². The molecule has 1 aromatic rings. The van der Waals surface area contributed by atoms with Crippen LogP contribution in [0.15, 0.2) is 35.9 Å². The van der Waals surface area contributed by atoms with E-state index in [1.54, 1.807) is 5.57 Å². The van der Waals surface area contributed by atoms with E-state index in [9.17, 15) is 0 Å². The predicted octanol–water partition coefficient (Wildman–Crippen LogP) is 4.41. The van der Waals surface area contributed by atoms with Crippen LogP contribution < -0.4 is 5.32 Å². The summed E-state index contributed by atoms with van der Waals surface area (Å²) in [5.74, 6) is 0. The van der Waals surface area contributed by atoms with E-state index in [1.165, 1.54) is 49.7 Å². The van der Waals surface area contributed by atoms with Crippen LogP contribution in [0.5, 0.6) is 0 Å². The Morgan fingerprint density at radius 1 is 1.05 bits per heavy atom. The van der Waals surface area contributed by atoms with Gasteiger partial charge in [0, 0.05) is 6.04 Å². The van der Waals surface area contributed by atoms with E-state index in [4.69, 9.17) is 0 Å². The minimum atomic E-state index is 0.515. The van der Waals surface area contributed by atoms with E-state index in [-0.39, 0.29) is 0 Å². The molecule has 0 aliphatic heterocycles. The van der Waals surface area contributed by atoms with Crippen molar-refractivity contribution in [2.75, 3.05) is 7.05 Å². The SMILES string of the molecule is CNC(Cc1ccc(C)cc1)/C1=C/CCCCCC1. The minimum Gasteiger partial charge on any atom is -0.313 e. The number of hydrogen-bond acceptors (Lipinski definition) is 1. The molecule has 0 bridgehead atoms. The highest BCUT2D eigenvalue weighted by Gasteiger charge is 2.13. The summed E-state index contributed by atoms with van der Waals surface area (Å²) in [6.45, 7) is 2.15. The fourth-order valence-corrected chi connectivity index (χ4v) is 2.91. The van der Waals surface area contributed by atoms with Crippen LogP contribution in [0, 0.1) is 6.92 Å². The maximum absolute atomic E-state index is 3.51. The van der Waals surface area contributed by atoms with Gasteiger partial charge in [0.25, 0.3) is 0 Å². The molecule has 0 aromatic heterocycles. The number of nitrogens with one attached hydrogen (secondary N) is 1. The molecule has 0 saturated heterocycles. The molecule has 19 heavy (non-hydrogen) atoms. The van der Waals surface area contributed by atoms with Gasteiger partial charge < -0.3 is 5.32 Å². The highest BCUT2D eigenvalue weighted by molar-refractivity contribution is 5.25. The molecule has 1 heteroatoms. The first-order valence-corrected chi connectivity index (χ1v) is 7.71. The fourth-order valence-electron chi connectivity index (χ4n) is 2.91. The second-order valence-electron chi connectivity index (χ2n) is 5.76. The number of rotatable bonds is 4. The first-order chi connectivity index (χ1) is 9.29. The monoisotopic (exact) mass is 257 g/mol. The summed E-state index contributed by atoms with van der Waals surface area (Å²) in [6.07, 6.45) is 11.7. The average Bonchev–Trinajstić information content (AvgIpc) is 2.38. The van der Waals surface area contributed by atoms with E-state index in [0.717, 1.165) is 6.42 Å². The van der Waals surface area contributed by atoms with Gasteiger partial charge >= 0.3 is 0 Å². The van der Waals surface area contributed by atoms with Crippen LogP contribution in [0.3, 0.4) is 0 Å². The van der Waals surface area contributed by atoms with Crippen molar-refractivity contribution in [2.45, 2.75) is 57.9 Å². The van der Waals surface area contributed by atoms with Gasteiger partial charge in [-0.2, -0.15) is 0 Å². The molecule has 104 valence electrons. The molecular weight excluding hydrogens is 230 g/mol. The van der Waals surface area contributed by atoms with E-state index in [1.807, 2.05) is 0 Å². The molecule has 1 atom stereocenters. The smallest absolute Gasteiger partial charge is 0.0317 e. The molecule has 0 spiro atoms. The number of allylic oxidation sites excluding steroid dienone is 1. The molecule has 0 radical (unpaired) electrons. The molecule has 1 N–H and O–H groups in total. The van der Waals surface area contributed by atoms with Gasteiger partial charge in [0.1, 0.15) is 0 Å². The minimum absolute atomic E-state index is 0.515. The van der Waals surface area contributed by atoms with Gasteiger partial charge in [-0.05, 0) is 51.6 Å². The zero-order chi connectivity index (χ0) is 13.5. The summed E-state index contributed by atoms with van der Waals surface area (Å²) in [5.41, 5.74) is 4.41. The number of benzene rings is 1. The molecule has 1 unspecified atom stereocenters. The first kappa shape index (κ1) is 14.3. The lowest BCUT2D eigenvalue weighted by Crippen LogP contribution is -2.30. The third kappa shape index (κ3) is 4.50. The first-order valence-electron chi connectivity index (χ1n) is 7.71. The lowest BCUT2D eigenvalue weighted by atomic mass is 9.91. The van der Waals surface area contributed by atoms with Crippen molar-refractivity contribution in [1.29, 1.82) is 0 Å². The van der Waals surface area contributed by atoms with Crippen molar-refractivity contribution in [3.05, 3.63) is 47.0 Å². The van der Waals surface area contributed by atoms with Crippen LogP contribution in [0.25, 0.3) is 0 Å². The summed E-state index contributed by atoms with van der Waals surface area (Å²) in [5, 5.41) is 3.51. The largest absolute Gasteiger partial charge is 0.313 e. The Kier molecular flexibility index (Phi) is 5.65. The Hall–Kier alpha value is -1.08. The van der Waals surface area contributed by atoms with Crippen LogP contribution in [0.2, 0.25) is 0 Å². The summed E-state index contributed by atoms with van der Waals surface area (Å²) in [4.78, 5) is 0. The van der Waals surface area contributed by atoms with Crippen molar-refractivity contribution in [1.82, 2.24) is 5.32 Å². The summed E-state index contributed by atoms with van der Waals surface area (Å²) in [7, 11) is 2.10. The topological polar surface area (TPSA) is 12.0 Å². The van der Waals surface area contributed by atoms with Crippen LogP contribution in [-0.2, 0) is 6.42 Å². The van der Waals surface area contributed by atoms with Gasteiger partial charge in [0.05, 0.1) is 0 Å². The predicted molar refractivity (Wildman–Crippen MR) is 83.5 cm³/mol. The number of aryl methyl sites for hydroxylation is 1. The standard InChI is InChI=1S/C18H27N/c1-15-10-12-16(13-11-15)14-18(19-2)17-8-6-4-3-5-7-9-17/h8,10-13,18-19H,3-7,9,14H2,1-2H3/b17-8+. The van der Waals surface area contributed by atoms with Crippen molar-refractivity contribution in [3.63, 3.8) is 0 Å². The molecule has 1 aromatic carbocycles. The van der Waals surface area contributed by atoms with E-state index < -0.39 is 0 Å². The van der Waals surface area contributed by atoms with Crippen LogP contribution in [0.1, 0.15) is 49.7 Å². The second-order valence-corrected chi connectivity index (χ2v) is 5.76. The Bertz CT molecular complexity index is 402. The Morgan fingerprint density at radius 2 is 1.79 bits per heavy atom. The van der Waals surface area contributed by atoms with E-state index in [2.05, 4.69) is 49.6 Å². The number of hydrogen-bond donors (Lipinski definition) is 1. The third-order valence-corrected chi connectivity index (χ3v) is 4.18. The number of likely N-dealkylation sites (N-methyl/N-ethyl adjacent to an activating group) is 1. The van der Waals surface area contributed by atoms with Gasteiger partial charge in [-0.25, -0.2) is 0 Å². The second kappa shape index (κ2) is 7.49. The highest BCUT2D eigenvalue weighted by Crippen LogP contribution is 2.21. The zero-order valence-corrected chi connectivity index (χ0v) is 12.4. The third-order valence-electron chi connectivity index (χ3n) is 4.18. The maximum atomic E-state index is 3.51. The summed E-state index contributed by atoms with van der Waals surface area (Å²) in [6, 6.07) is 9.48.